The number of thiophene rings is 1. The zero-order valence-electron chi connectivity index (χ0n) is 11.6. The lowest BCUT2D eigenvalue weighted by Gasteiger charge is -2.41. The second kappa shape index (κ2) is 4.75. The van der Waals surface area contributed by atoms with Crippen LogP contribution in [0.2, 0.25) is 0 Å². The molecule has 106 valence electrons. The molecule has 0 bridgehead atoms. The van der Waals surface area contributed by atoms with Crippen molar-refractivity contribution in [2.45, 2.75) is 25.9 Å². The molecule has 2 heterocycles. The molecular formula is C15H18N2O2S. The van der Waals surface area contributed by atoms with Gasteiger partial charge in [-0.25, -0.2) is 0 Å². The van der Waals surface area contributed by atoms with Crippen molar-refractivity contribution in [1.29, 1.82) is 0 Å². The highest BCUT2D eigenvalue weighted by Gasteiger charge is 2.33. The monoisotopic (exact) mass is 290 g/mol. The summed E-state index contributed by atoms with van der Waals surface area (Å²) in [7, 11) is 0. The van der Waals surface area contributed by atoms with E-state index < -0.39 is 0 Å². The smallest absolute Gasteiger partial charge is 0.234 e. The number of benzene rings is 1. The fraction of sp³-hybridized carbons (Fsp3) is 0.400. The molecule has 5 heteroatoms. The molecule has 1 aliphatic heterocycles. The van der Waals surface area contributed by atoms with Crippen LogP contribution in [0, 0.1) is 0 Å². The lowest BCUT2D eigenvalue weighted by atomic mass is 10.00. The van der Waals surface area contributed by atoms with Gasteiger partial charge in [0.2, 0.25) is 5.91 Å². The van der Waals surface area contributed by atoms with Gasteiger partial charge in [-0.1, -0.05) is 6.07 Å². The van der Waals surface area contributed by atoms with Gasteiger partial charge in [-0.05, 0) is 32.0 Å². The van der Waals surface area contributed by atoms with E-state index in [4.69, 9.17) is 0 Å². The van der Waals surface area contributed by atoms with E-state index in [1.54, 1.807) is 17.4 Å². The predicted molar refractivity (Wildman–Crippen MR) is 81.0 cm³/mol. The van der Waals surface area contributed by atoms with Gasteiger partial charge in [-0.3, -0.25) is 9.69 Å². The topological polar surface area (TPSA) is 52.6 Å². The Labute approximate surface area is 122 Å². The average molecular weight is 290 g/mol. The van der Waals surface area contributed by atoms with Gasteiger partial charge in [0.1, 0.15) is 5.75 Å². The van der Waals surface area contributed by atoms with Crippen LogP contribution in [0.4, 0.5) is 0 Å². The quantitative estimate of drug-likeness (QED) is 0.892. The third kappa shape index (κ3) is 2.39. The first-order valence-electron chi connectivity index (χ1n) is 6.68. The molecule has 0 saturated carbocycles. The second-order valence-corrected chi connectivity index (χ2v) is 7.02. The molecule has 0 radical (unpaired) electrons. The summed E-state index contributed by atoms with van der Waals surface area (Å²) in [5.41, 5.74) is -0.0495. The first kappa shape index (κ1) is 13.4. The van der Waals surface area contributed by atoms with Crippen LogP contribution in [0.15, 0.2) is 24.3 Å². The molecule has 0 unspecified atom stereocenters. The van der Waals surface area contributed by atoms with Crippen LogP contribution in [0.1, 0.15) is 18.7 Å². The van der Waals surface area contributed by atoms with E-state index in [1.807, 2.05) is 18.2 Å². The van der Waals surface area contributed by atoms with Crippen molar-refractivity contribution < 1.29 is 9.90 Å². The summed E-state index contributed by atoms with van der Waals surface area (Å²) in [6.07, 6.45) is 0. The highest BCUT2D eigenvalue weighted by Crippen LogP contribution is 2.33. The minimum Gasteiger partial charge on any atom is -0.507 e. The number of hydrogen-bond acceptors (Lipinski definition) is 4. The molecule has 2 N–H and O–H groups in total. The standard InChI is InChI=1S/C15H18N2O2S/c1-15(2)9-16-14(19)8-17(15)7-10-6-11-12(18)4-3-5-13(11)20-10/h3-6,18H,7-9H2,1-2H3,(H,16,19). The molecule has 1 amide bonds. The molecule has 1 saturated heterocycles. The van der Waals surface area contributed by atoms with Gasteiger partial charge in [-0.2, -0.15) is 0 Å². The summed E-state index contributed by atoms with van der Waals surface area (Å²) < 4.78 is 1.08. The Kier molecular flexibility index (Phi) is 3.18. The third-order valence-electron chi connectivity index (χ3n) is 3.84. The number of nitrogens with one attached hydrogen (secondary N) is 1. The minimum atomic E-state index is -0.0495. The maximum Gasteiger partial charge on any atom is 0.234 e. The Morgan fingerprint density at radius 2 is 2.25 bits per heavy atom. The molecule has 4 nitrogen and oxygen atoms in total. The van der Waals surface area contributed by atoms with Crippen LogP contribution in [-0.2, 0) is 11.3 Å². The first-order chi connectivity index (χ1) is 9.45. The summed E-state index contributed by atoms with van der Waals surface area (Å²) in [5, 5.41) is 13.7. The number of amides is 1. The number of carbonyl (C=O) groups excluding carboxylic acids is 1. The molecule has 1 aromatic carbocycles. The number of carbonyl (C=O) groups is 1. The largest absolute Gasteiger partial charge is 0.507 e. The molecule has 0 atom stereocenters. The Morgan fingerprint density at radius 3 is 3.00 bits per heavy atom. The van der Waals surface area contributed by atoms with E-state index in [0.29, 0.717) is 18.8 Å². The lowest BCUT2D eigenvalue weighted by molar-refractivity contribution is -0.128. The number of phenols is 1. The molecule has 0 aliphatic carbocycles. The van der Waals surface area contributed by atoms with Crippen LogP contribution < -0.4 is 5.32 Å². The minimum absolute atomic E-state index is 0.0495. The molecule has 3 rings (SSSR count). The van der Waals surface area contributed by atoms with Crippen molar-refractivity contribution in [3.05, 3.63) is 29.1 Å². The molecule has 20 heavy (non-hydrogen) atoms. The summed E-state index contributed by atoms with van der Waals surface area (Å²) >= 11 is 1.67. The van der Waals surface area contributed by atoms with Gasteiger partial charge < -0.3 is 10.4 Å². The van der Waals surface area contributed by atoms with Gasteiger partial charge in [0, 0.05) is 33.6 Å². The van der Waals surface area contributed by atoms with Gasteiger partial charge in [0.05, 0.1) is 6.54 Å². The summed E-state index contributed by atoms with van der Waals surface area (Å²) in [6.45, 7) is 6.10. The van der Waals surface area contributed by atoms with Crippen molar-refractivity contribution in [3.8, 4) is 5.75 Å². The highest BCUT2D eigenvalue weighted by atomic mass is 32.1. The average Bonchev–Trinajstić information content (AvgIpc) is 2.79. The van der Waals surface area contributed by atoms with Crippen LogP contribution in [0.5, 0.6) is 5.75 Å². The zero-order chi connectivity index (χ0) is 14.3. The predicted octanol–water partition coefficient (Wildman–Crippen LogP) is 2.32. The number of phenolic OH excluding ortho intramolecular Hbond substituents is 1. The maximum absolute atomic E-state index is 11.6. The highest BCUT2D eigenvalue weighted by molar-refractivity contribution is 7.19. The Morgan fingerprint density at radius 1 is 1.45 bits per heavy atom. The van der Waals surface area contributed by atoms with E-state index in [9.17, 15) is 9.90 Å². The normalized spacial score (nSPS) is 19.2. The van der Waals surface area contributed by atoms with Crippen LogP contribution >= 0.6 is 11.3 Å². The Bertz CT molecular complexity index is 663. The molecule has 2 aromatic rings. The van der Waals surface area contributed by atoms with Gasteiger partial charge >= 0.3 is 0 Å². The number of hydrogen-bond donors (Lipinski definition) is 2. The van der Waals surface area contributed by atoms with Crippen LogP contribution in [0.3, 0.4) is 0 Å². The number of nitrogens with zero attached hydrogens (tertiary/aromatic N) is 1. The van der Waals surface area contributed by atoms with Gasteiger partial charge in [0.15, 0.2) is 0 Å². The van der Waals surface area contributed by atoms with E-state index >= 15 is 0 Å². The SMILES string of the molecule is CC1(C)CNC(=O)CN1Cc1cc2c(O)cccc2s1. The van der Waals surface area contributed by atoms with E-state index in [-0.39, 0.29) is 11.4 Å². The molecule has 1 aliphatic rings. The Balaban J connectivity index is 1.88. The van der Waals surface area contributed by atoms with Crippen molar-refractivity contribution in [2.75, 3.05) is 13.1 Å². The summed E-state index contributed by atoms with van der Waals surface area (Å²) in [5.74, 6) is 0.397. The molecule has 1 aromatic heterocycles. The fourth-order valence-electron chi connectivity index (χ4n) is 2.50. The number of rotatable bonds is 2. The third-order valence-corrected chi connectivity index (χ3v) is 4.93. The van der Waals surface area contributed by atoms with Crippen LogP contribution in [0.25, 0.3) is 10.1 Å². The molecule has 1 fully saturated rings. The van der Waals surface area contributed by atoms with Crippen LogP contribution in [-0.4, -0.2) is 34.5 Å². The maximum atomic E-state index is 11.6. The second-order valence-electron chi connectivity index (χ2n) is 5.85. The van der Waals surface area contributed by atoms with E-state index in [0.717, 1.165) is 16.6 Å². The van der Waals surface area contributed by atoms with Crippen molar-refractivity contribution in [1.82, 2.24) is 10.2 Å². The van der Waals surface area contributed by atoms with Gasteiger partial charge in [0.25, 0.3) is 0 Å². The first-order valence-corrected chi connectivity index (χ1v) is 7.49. The molecular weight excluding hydrogens is 272 g/mol. The van der Waals surface area contributed by atoms with Gasteiger partial charge in [-0.15, -0.1) is 11.3 Å². The number of fused-ring (bicyclic) bond motifs is 1. The Hall–Kier alpha value is -1.59. The number of aromatic hydroxyl groups is 1. The number of piperazine rings is 1. The molecule has 0 spiro atoms. The van der Waals surface area contributed by atoms with E-state index in [2.05, 4.69) is 24.1 Å². The summed E-state index contributed by atoms with van der Waals surface area (Å²) in [6, 6.07) is 7.60. The van der Waals surface area contributed by atoms with E-state index in [1.165, 1.54) is 4.88 Å². The zero-order valence-corrected chi connectivity index (χ0v) is 12.5. The van der Waals surface area contributed by atoms with Crippen molar-refractivity contribution in [2.24, 2.45) is 0 Å². The van der Waals surface area contributed by atoms with Crippen molar-refractivity contribution >= 4 is 27.3 Å². The summed E-state index contributed by atoms with van der Waals surface area (Å²) in [4.78, 5) is 14.9. The lowest BCUT2D eigenvalue weighted by Crippen LogP contribution is -2.59. The van der Waals surface area contributed by atoms with Crippen molar-refractivity contribution in [3.63, 3.8) is 0 Å². The fourth-order valence-corrected chi connectivity index (χ4v) is 3.60.